The van der Waals surface area contributed by atoms with E-state index in [4.69, 9.17) is 20.4 Å². The van der Waals surface area contributed by atoms with Crippen LogP contribution in [0.1, 0.15) is 6.92 Å². The van der Waals surface area contributed by atoms with Gasteiger partial charge < -0.3 is 30.2 Å². The Morgan fingerprint density at radius 3 is 2.59 bits per heavy atom. The first-order chi connectivity index (χ1) is 16.6. The van der Waals surface area contributed by atoms with Crippen LogP contribution in [-0.2, 0) is 7.05 Å². The van der Waals surface area contributed by atoms with Crippen LogP contribution in [0.25, 0.3) is 22.6 Å². The molecule has 2 aromatic carbocycles. The minimum Gasteiger partial charge on any atom is -0.494 e. The Labute approximate surface area is 199 Å². The highest BCUT2D eigenvalue weighted by atomic mass is 16.5. The molecule has 2 aromatic heterocycles. The molecule has 0 spiro atoms. The van der Waals surface area contributed by atoms with E-state index in [-0.39, 0.29) is 0 Å². The van der Waals surface area contributed by atoms with E-state index in [0.29, 0.717) is 17.4 Å². The minimum absolute atomic E-state index is 0.451. The quantitative estimate of drug-likeness (QED) is 0.424. The molecule has 0 amide bonds. The molecular formula is C25H30N8O. The molecule has 176 valence electrons. The predicted molar refractivity (Wildman–Crippen MR) is 137 cm³/mol. The maximum atomic E-state index is 6.48. The molecule has 0 aliphatic carbocycles. The molecule has 1 saturated heterocycles. The molecule has 0 unspecified atom stereocenters. The van der Waals surface area contributed by atoms with Crippen LogP contribution in [0, 0.1) is 0 Å². The molecule has 9 nitrogen and oxygen atoms in total. The van der Waals surface area contributed by atoms with E-state index in [2.05, 4.69) is 27.0 Å². The van der Waals surface area contributed by atoms with Crippen molar-refractivity contribution in [3.63, 3.8) is 0 Å². The normalized spacial score (nSPS) is 14.5. The molecule has 1 aliphatic rings. The van der Waals surface area contributed by atoms with E-state index in [0.717, 1.165) is 66.7 Å². The number of methoxy groups -OCH3 is 1. The maximum absolute atomic E-state index is 6.48. The Morgan fingerprint density at radius 2 is 1.85 bits per heavy atom. The van der Waals surface area contributed by atoms with Gasteiger partial charge in [-0.3, -0.25) is 0 Å². The summed E-state index contributed by atoms with van der Waals surface area (Å²) in [4.78, 5) is 18.6. The van der Waals surface area contributed by atoms with Crippen molar-refractivity contribution in [1.29, 1.82) is 0 Å². The zero-order valence-electron chi connectivity index (χ0n) is 19.8. The average molecular weight is 459 g/mol. The Bertz CT molecular complexity index is 1310. The molecule has 1 fully saturated rings. The van der Waals surface area contributed by atoms with Crippen LogP contribution in [0.3, 0.4) is 0 Å². The topological polar surface area (TPSA) is 97.4 Å². The standard InChI is InChI=1S/C25H30N8O/c1-4-32-11-13-33(14-12-32)22-16-23(34-3)20(15-17(22)26)30-25-27-10-9-19(29-25)24-28-18-7-5-6-8-21(18)31(24)2/h5-10,15-16H,4,11-14,26H2,1-3H3,(H,27,29,30). The van der Waals surface area contributed by atoms with Crippen molar-refractivity contribution in [3.05, 3.63) is 48.7 Å². The number of aryl methyl sites for hydroxylation is 1. The van der Waals surface area contributed by atoms with E-state index in [9.17, 15) is 0 Å². The monoisotopic (exact) mass is 458 g/mol. The molecule has 4 aromatic rings. The first kappa shape index (κ1) is 22.0. The van der Waals surface area contributed by atoms with Crippen molar-refractivity contribution < 1.29 is 4.74 Å². The van der Waals surface area contributed by atoms with Gasteiger partial charge in [-0.2, -0.15) is 0 Å². The summed E-state index contributed by atoms with van der Waals surface area (Å²) in [6.07, 6.45) is 1.72. The number of anilines is 4. The van der Waals surface area contributed by atoms with Crippen LogP contribution in [0.2, 0.25) is 0 Å². The van der Waals surface area contributed by atoms with Crippen LogP contribution >= 0.6 is 0 Å². The second kappa shape index (κ2) is 9.18. The number of nitrogen functional groups attached to an aromatic ring is 1. The number of para-hydroxylation sites is 2. The van der Waals surface area contributed by atoms with Gasteiger partial charge in [0, 0.05) is 45.5 Å². The van der Waals surface area contributed by atoms with Crippen LogP contribution in [-0.4, -0.2) is 64.3 Å². The van der Waals surface area contributed by atoms with Gasteiger partial charge in [0.15, 0.2) is 5.82 Å². The summed E-state index contributed by atoms with van der Waals surface area (Å²) < 4.78 is 7.73. The van der Waals surface area contributed by atoms with Crippen molar-refractivity contribution in [2.45, 2.75) is 6.92 Å². The number of likely N-dealkylation sites (N-methyl/N-ethyl adjacent to an activating group) is 1. The summed E-state index contributed by atoms with van der Waals surface area (Å²) in [7, 11) is 3.65. The summed E-state index contributed by atoms with van der Waals surface area (Å²) in [6.45, 7) is 7.21. The molecule has 3 heterocycles. The highest BCUT2D eigenvalue weighted by molar-refractivity contribution is 5.81. The average Bonchev–Trinajstić information content (AvgIpc) is 3.21. The number of imidazole rings is 1. The number of nitrogens with two attached hydrogens (primary N) is 1. The van der Waals surface area contributed by atoms with Crippen molar-refractivity contribution in [1.82, 2.24) is 24.4 Å². The molecule has 0 bridgehead atoms. The fourth-order valence-electron chi connectivity index (χ4n) is 4.47. The Balaban J connectivity index is 1.42. The molecule has 1 aliphatic heterocycles. The number of hydrogen-bond donors (Lipinski definition) is 2. The fourth-order valence-corrected chi connectivity index (χ4v) is 4.47. The van der Waals surface area contributed by atoms with Gasteiger partial charge in [-0.25, -0.2) is 15.0 Å². The zero-order valence-corrected chi connectivity index (χ0v) is 19.8. The molecule has 34 heavy (non-hydrogen) atoms. The van der Waals surface area contributed by atoms with Gasteiger partial charge in [0.1, 0.15) is 11.4 Å². The molecule has 9 heteroatoms. The lowest BCUT2D eigenvalue weighted by atomic mass is 10.1. The third kappa shape index (κ3) is 4.10. The third-order valence-electron chi connectivity index (χ3n) is 6.43. The number of hydrogen-bond acceptors (Lipinski definition) is 8. The van der Waals surface area contributed by atoms with E-state index in [1.54, 1.807) is 13.3 Å². The fraction of sp³-hybridized carbons (Fsp3) is 0.320. The zero-order chi connectivity index (χ0) is 23.7. The van der Waals surface area contributed by atoms with E-state index >= 15 is 0 Å². The van der Waals surface area contributed by atoms with Gasteiger partial charge >= 0.3 is 0 Å². The van der Waals surface area contributed by atoms with Gasteiger partial charge in [-0.15, -0.1) is 0 Å². The number of piperazine rings is 1. The van der Waals surface area contributed by atoms with Gasteiger partial charge in [-0.05, 0) is 30.8 Å². The van der Waals surface area contributed by atoms with Crippen LogP contribution < -0.4 is 20.7 Å². The van der Waals surface area contributed by atoms with Crippen LogP contribution in [0.5, 0.6) is 5.75 Å². The van der Waals surface area contributed by atoms with Crippen molar-refractivity contribution >= 4 is 34.0 Å². The van der Waals surface area contributed by atoms with Crippen LogP contribution in [0.15, 0.2) is 48.7 Å². The second-order valence-electron chi connectivity index (χ2n) is 8.41. The SMILES string of the molecule is CCN1CCN(c2cc(OC)c(Nc3nccc(-c4nc5ccccc5n4C)n3)cc2N)CC1. The summed E-state index contributed by atoms with van der Waals surface area (Å²) in [5, 5.41) is 3.28. The predicted octanol–water partition coefficient (Wildman–Crippen LogP) is 3.51. The van der Waals surface area contributed by atoms with Gasteiger partial charge in [0.2, 0.25) is 5.95 Å². The van der Waals surface area contributed by atoms with E-state index in [1.807, 2.05) is 54.1 Å². The maximum Gasteiger partial charge on any atom is 0.227 e. The molecule has 0 atom stereocenters. The highest BCUT2D eigenvalue weighted by Crippen LogP contribution is 2.37. The Hall–Kier alpha value is -3.85. The lowest BCUT2D eigenvalue weighted by Crippen LogP contribution is -2.46. The molecule has 0 saturated carbocycles. The summed E-state index contributed by atoms with van der Waals surface area (Å²) in [5.74, 6) is 1.92. The summed E-state index contributed by atoms with van der Waals surface area (Å²) in [5.41, 5.74) is 11.6. The number of nitrogens with zero attached hydrogens (tertiary/aromatic N) is 6. The van der Waals surface area contributed by atoms with Gasteiger partial charge in [0.05, 0.1) is 35.2 Å². The number of benzene rings is 2. The first-order valence-electron chi connectivity index (χ1n) is 11.5. The molecule has 5 rings (SSSR count). The smallest absolute Gasteiger partial charge is 0.227 e. The van der Waals surface area contributed by atoms with Gasteiger partial charge in [0.25, 0.3) is 0 Å². The molecular weight excluding hydrogens is 428 g/mol. The second-order valence-corrected chi connectivity index (χ2v) is 8.41. The lowest BCUT2D eigenvalue weighted by molar-refractivity contribution is 0.271. The number of rotatable bonds is 6. The number of nitrogens with one attached hydrogen (secondary N) is 1. The summed E-state index contributed by atoms with van der Waals surface area (Å²) >= 11 is 0. The largest absolute Gasteiger partial charge is 0.494 e. The van der Waals surface area contributed by atoms with Crippen molar-refractivity contribution in [2.75, 3.05) is 55.8 Å². The van der Waals surface area contributed by atoms with Crippen molar-refractivity contribution in [2.24, 2.45) is 7.05 Å². The Morgan fingerprint density at radius 1 is 1.06 bits per heavy atom. The van der Waals surface area contributed by atoms with E-state index < -0.39 is 0 Å². The molecule has 3 N–H and O–H groups in total. The number of ether oxygens (including phenoxy) is 1. The highest BCUT2D eigenvalue weighted by Gasteiger charge is 2.20. The minimum atomic E-state index is 0.451. The lowest BCUT2D eigenvalue weighted by Gasteiger charge is -2.36. The third-order valence-corrected chi connectivity index (χ3v) is 6.43. The van der Waals surface area contributed by atoms with Gasteiger partial charge in [-0.1, -0.05) is 19.1 Å². The van der Waals surface area contributed by atoms with Crippen LogP contribution in [0.4, 0.5) is 23.0 Å². The van der Waals surface area contributed by atoms with E-state index in [1.165, 1.54) is 0 Å². The summed E-state index contributed by atoms with van der Waals surface area (Å²) in [6, 6.07) is 13.8. The number of aromatic nitrogens is 4. The Kier molecular flexibility index (Phi) is 5.93. The molecule has 0 radical (unpaired) electrons. The van der Waals surface area contributed by atoms with Crippen molar-refractivity contribution in [3.8, 4) is 17.3 Å². The first-order valence-corrected chi connectivity index (χ1v) is 11.5. The number of fused-ring (bicyclic) bond motifs is 1.